The lowest BCUT2D eigenvalue weighted by atomic mass is 9.80. The number of nitrogens with zero attached hydrogens (tertiary/aromatic N) is 4. The molecule has 3 aliphatic rings. The highest BCUT2D eigenvalue weighted by Gasteiger charge is 2.60. The molecule has 0 bridgehead atoms. The minimum absolute atomic E-state index is 0.0668. The van der Waals surface area contributed by atoms with Crippen molar-refractivity contribution in [1.29, 1.82) is 5.26 Å². The van der Waals surface area contributed by atoms with Gasteiger partial charge in [0.05, 0.1) is 23.3 Å². The van der Waals surface area contributed by atoms with Gasteiger partial charge in [0.25, 0.3) is 0 Å². The minimum Gasteiger partial charge on any atom is -0.463 e. The first-order valence-electron chi connectivity index (χ1n) is 14.5. The van der Waals surface area contributed by atoms with Crippen molar-refractivity contribution in [2.24, 2.45) is 11.7 Å². The number of rotatable bonds is 8. The fourth-order valence-corrected chi connectivity index (χ4v) is 6.55. The van der Waals surface area contributed by atoms with Gasteiger partial charge in [-0.2, -0.15) is 10.4 Å². The van der Waals surface area contributed by atoms with Crippen molar-refractivity contribution in [1.82, 2.24) is 14.6 Å². The molecule has 4 atom stereocenters. The van der Waals surface area contributed by atoms with Crippen molar-refractivity contribution in [2.75, 3.05) is 6.61 Å². The van der Waals surface area contributed by atoms with E-state index in [-0.39, 0.29) is 31.1 Å². The summed E-state index contributed by atoms with van der Waals surface area (Å²) in [5, 5.41) is 26.2. The Bertz CT molecular complexity index is 1260. The number of esters is 2. The Morgan fingerprint density at radius 1 is 1.18 bits per heavy atom. The Balaban J connectivity index is 1.37. The normalized spacial score (nSPS) is 28.7. The van der Waals surface area contributed by atoms with Gasteiger partial charge in [-0.25, -0.2) is 9.50 Å². The first kappa shape index (κ1) is 28.5. The number of ether oxygens (including phenoxy) is 3. The number of nitriles is 1. The van der Waals surface area contributed by atoms with Crippen molar-refractivity contribution in [2.45, 2.75) is 113 Å². The van der Waals surface area contributed by atoms with Gasteiger partial charge < -0.3 is 25.1 Å². The lowest BCUT2D eigenvalue weighted by Crippen LogP contribution is -2.45. The summed E-state index contributed by atoms with van der Waals surface area (Å²) in [7, 11) is 0. The molecule has 3 N–H and O–H groups in total. The van der Waals surface area contributed by atoms with E-state index in [0.717, 1.165) is 64.2 Å². The highest BCUT2D eigenvalue weighted by Crippen LogP contribution is 2.42. The number of fused-ring (bicyclic) bond motifs is 1. The van der Waals surface area contributed by atoms with E-state index in [4.69, 9.17) is 19.9 Å². The lowest BCUT2D eigenvalue weighted by molar-refractivity contribution is -0.161. The molecule has 5 rings (SSSR count). The molecule has 0 unspecified atom stereocenters. The van der Waals surface area contributed by atoms with Gasteiger partial charge in [-0.15, -0.1) is 0 Å². The Morgan fingerprint density at radius 2 is 1.90 bits per heavy atom. The number of aliphatic hydroxyl groups excluding tert-OH is 1. The molecule has 1 saturated heterocycles. The number of nitrogens with two attached hydrogens (primary N) is 1. The van der Waals surface area contributed by atoms with E-state index >= 15 is 0 Å². The third-order valence-corrected chi connectivity index (χ3v) is 8.82. The van der Waals surface area contributed by atoms with Crippen LogP contribution in [0, 0.1) is 24.2 Å². The van der Waals surface area contributed by atoms with Gasteiger partial charge in [0.1, 0.15) is 31.2 Å². The number of hydrogen-bond donors (Lipinski definition) is 2. The Kier molecular flexibility index (Phi) is 8.40. The van der Waals surface area contributed by atoms with Crippen LogP contribution in [0.5, 0.6) is 0 Å². The molecule has 11 nitrogen and oxygen atoms in total. The number of aromatic nitrogens is 3. The lowest BCUT2D eigenvalue weighted by Gasteiger charge is -2.32. The summed E-state index contributed by atoms with van der Waals surface area (Å²) in [6.45, 7) is 1.51. The molecule has 1 aliphatic heterocycles. The predicted molar refractivity (Wildman–Crippen MR) is 143 cm³/mol. The number of carbonyl (C=O) groups excluding carboxylic acids is 2. The van der Waals surface area contributed by atoms with Gasteiger partial charge in [0.2, 0.25) is 5.60 Å². The molecule has 2 aliphatic carbocycles. The SMILES string of the molecule is Cc1ncnn2c([C@]3(C#N)O[C@H](COC(=O)CC4(N)CCCCC4)[C@@H](OC(=O)CC4CCCCC4)[C@H]3O)ccc12. The quantitative estimate of drug-likeness (QED) is 0.465. The van der Waals surface area contributed by atoms with Crippen molar-refractivity contribution in [3.8, 4) is 6.07 Å². The molecular weight excluding hydrogens is 514 g/mol. The van der Waals surface area contributed by atoms with Crippen LogP contribution in [0.2, 0.25) is 0 Å². The van der Waals surface area contributed by atoms with E-state index in [1.807, 2.05) is 0 Å². The van der Waals surface area contributed by atoms with E-state index in [9.17, 15) is 20.0 Å². The molecule has 2 saturated carbocycles. The molecular formula is C29H39N5O6. The molecule has 0 spiro atoms. The van der Waals surface area contributed by atoms with Crippen LogP contribution in [0.1, 0.15) is 88.4 Å². The van der Waals surface area contributed by atoms with Crippen molar-refractivity contribution < 1.29 is 28.9 Å². The van der Waals surface area contributed by atoms with E-state index in [0.29, 0.717) is 11.2 Å². The molecule has 11 heteroatoms. The Labute approximate surface area is 234 Å². The van der Waals surface area contributed by atoms with Gasteiger partial charge in [-0.05, 0) is 50.7 Å². The second-order valence-electron chi connectivity index (χ2n) is 11.8. The van der Waals surface area contributed by atoms with Crippen LogP contribution >= 0.6 is 0 Å². The minimum atomic E-state index is -1.92. The second kappa shape index (κ2) is 11.8. The molecule has 216 valence electrons. The van der Waals surface area contributed by atoms with Gasteiger partial charge >= 0.3 is 11.9 Å². The Hall–Kier alpha value is -3.07. The van der Waals surface area contributed by atoms with Crippen molar-refractivity contribution in [3.05, 3.63) is 29.8 Å². The third kappa shape index (κ3) is 5.71. The average Bonchev–Trinajstić information content (AvgIpc) is 3.49. The van der Waals surface area contributed by atoms with Crippen LogP contribution in [0.15, 0.2) is 18.5 Å². The molecule has 0 radical (unpaired) electrons. The largest absolute Gasteiger partial charge is 0.463 e. The molecule has 0 amide bonds. The van der Waals surface area contributed by atoms with Crippen LogP contribution in [0.4, 0.5) is 0 Å². The predicted octanol–water partition coefficient (Wildman–Crippen LogP) is 2.99. The highest BCUT2D eigenvalue weighted by atomic mass is 16.6. The Morgan fingerprint density at radius 3 is 2.62 bits per heavy atom. The molecule has 0 aromatic carbocycles. The number of hydrogen-bond acceptors (Lipinski definition) is 10. The smallest absolute Gasteiger partial charge is 0.307 e. The first-order chi connectivity index (χ1) is 19.2. The molecule has 2 aromatic heterocycles. The second-order valence-corrected chi connectivity index (χ2v) is 11.8. The molecule has 2 aromatic rings. The number of aryl methyl sites for hydroxylation is 1. The monoisotopic (exact) mass is 553 g/mol. The zero-order valence-electron chi connectivity index (χ0n) is 23.1. The van der Waals surface area contributed by atoms with Gasteiger partial charge in [-0.3, -0.25) is 9.59 Å². The van der Waals surface area contributed by atoms with E-state index < -0.39 is 41.4 Å². The zero-order valence-corrected chi connectivity index (χ0v) is 23.1. The summed E-state index contributed by atoms with van der Waals surface area (Å²) < 4.78 is 19.1. The molecule has 40 heavy (non-hydrogen) atoms. The van der Waals surface area contributed by atoms with Gasteiger partial charge in [0, 0.05) is 12.0 Å². The summed E-state index contributed by atoms with van der Waals surface area (Å²) in [6.07, 6.45) is 7.59. The molecule has 3 heterocycles. The van der Waals surface area contributed by atoms with Crippen molar-refractivity contribution in [3.63, 3.8) is 0 Å². The van der Waals surface area contributed by atoms with Crippen LogP contribution in [0.25, 0.3) is 5.52 Å². The third-order valence-electron chi connectivity index (χ3n) is 8.82. The first-order valence-corrected chi connectivity index (χ1v) is 14.5. The van der Waals surface area contributed by atoms with Gasteiger partial charge in [0.15, 0.2) is 6.10 Å². The van der Waals surface area contributed by atoms with Crippen LogP contribution in [0.3, 0.4) is 0 Å². The van der Waals surface area contributed by atoms with Crippen LogP contribution < -0.4 is 5.73 Å². The number of aliphatic hydroxyl groups is 1. The fourth-order valence-electron chi connectivity index (χ4n) is 6.55. The topological polar surface area (TPSA) is 162 Å². The fraction of sp³-hybridized carbons (Fsp3) is 0.690. The summed E-state index contributed by atoms with van der Waals surface area (Å²) in [5.74, 6) is -0.727. The summed E-state index contributed by atoms with van der Waals surface area (Å²) in [4.78, 5) is 30.0. The summed E-state index contributed by atoms with van der Waals surface area (Å²) in [6, 6.07) is 5.49. The zero-order chi connectivity index (χ0) is 28.3. The van der Waals surface area contributed by atoms with E-state index in [1.54, 1.807) is 19.1 Å². The standard InChI is InChI=1S/C29H39N5O6/c1-19-21-10-11-23(34(21)33-18-32-19)29(17-30)27(37)26(39-24(35)14-20-8-4-2-5-9-20)22(40-29)16-38-25(36)15-28(31)12-6-3-7-13-28/h10-11,18,20,22,26-27,37H,2-9,12-16,31H2,1H3/t22-,26-,27-,29+/m1/s1. The van der Waals surface area contributed by atoms with Crippen molar-refractivity contribution >= 4 is 17.5 Å². The van der Waals surface area contributed by atoms with E-state index in [1.165, 1.54) is 10.8 Å². The van der Waals surface area contributed by atoms with Gasteiger partial charge in [-0.1, -0.05) is 38.5 Å². The van der Waals surface area contributed by atoms with E-state index in [2.05, 4.69) is 16.2 Å². The summed E-state index contributed by atoms with van der Waals surface area (Å²) in [5.41, 5.74) is 5.52. The summed E-state index contributed by atoms with van der Waals surface area (Å²) >= 11 is 0. The molecule has 3 fully saturated rings. The number of carbonyl (C=O) groups is 2. The average molecular weight is 554 g/mol. The van der Waals surface area contributed by atoms with Crippen LogP contribution in [-0.2, 0) is 29.4 Å². The maximum absolute atomic E-state index is 13.0. The maximum Gasteiger partial charge on any atom is 0.307 e. The van der Waals surface area contributed by atoms with Crippen LogP contribution in [-0.4, -0.2) is 62.1 Å². The maximum atomic E-state index is 13.0. The highest BCUT2D eigenvalue weighted by molar-refractivity contribution is 5.71.